The summed E-state index contributed by atoms with van der Waals surface area (Å²) in [6.07, 6.45) is 4.05. The fourth-order valence-electron chi connectivity index (χ4n) is 2.83. The topological polar surface area (TPSA) is 58.1 Å². The SMILES string of the molecule is CC(C)(C)NC(=O)c1ccc(-c2cc(N3CCCC3)ncn2)cc1. The minimum absolute atomic E-state index is 0.0607. The van der Waals surface area contributed by atoms with E-state index in [0.717, 1.165) is 30.2 Å². The average molecular weight is 324 g/mol. The molecule has 2 aromatic rings. The van der Waals surface area contributed by atoms with Crippen LogP contribution in [0.5, 0.6) is 0 Å². The van der Waals surface area contributed by atoms with E-state index in [1.165, 1.54) is 12.8 Å². The number of aromatic nitrogens is 2. The summed E-state index contributed by atoms with van der Waals surface area (Å²) < 4.78 is 0. The summed E-state index contributed by atoms with van der Waals surface area (Å²) >= 11 is 0. The number of hydrogen-bond donors (Lipinski definition) is 1. The zero-order valence-corrected chi connectivity index (χ0v) is 14.5. The Hall–Kier alpha value is -2.43. The van der Waals surface area contributed by atoms with Crippen LogP contribution in [0.1, 0.15) is 44.0 Å². The van der Waals surface area contributed by atoms with E-state index in [1.807, 2.05) is 51.1 Å². The summed E-state index contributed by atoms with van der Waals surface area (Å²) in [4.78, 5) is 23.2. The van der Waals surface area contributed by atoms with Gasteiger partial charge in [-0.2, -0.15) is 0 Å². The predicted molar refractivity (Wildman–Crippen MR) is 96.1 cm³/mol. The van der Waals surface area contributed by atoms with Gasteiger partial charge in [0.05, 0.1) is 5.69 Å². The first kappa shape index (κ1) is 16.4. The first-order chi connectivity index (χ1) is 11.4. The first-order valence-corrected chi connectivity index (χ1v) is 8.42. The van der Waals surface area contributed by atoms with Crippen molar-refractivity contribution in [3.05, 3.63) is 42.2 Å². The van der Waals surface area contributed by atoms with Gasteiger partial charge in [-0.25, -0.2) is 9.97 Å². The van der Waals surface area contributed by atoms with E-state index in [-0.39, 0.29) is 11.4 Å². The lowest BCUT2D eigenvalue weighted by molar-refractivity contribution is 0.0919. The number of benzene rings is 1. The molecule has 24 heavy (non-hydrogen) atoms. The van der Waals surface area contributed by atoms with Crippen molar-refractivity contribution in [1.29, 1.82) is 0 Å². The van der Waals surface area contributed by atoms with E-state index in [9.17, 15) is 4.79 Å². The minimum Gasteiger partial charge on any atom is -0.357 e. The van der Waals surface area contributed by atoms with Gasteiger partial charge in [-0.1, -0.05) is 12.1 Å². The molecule has 0 bridgehead atoms. The molecular weight excluding hydrogens is 300 g/mol. The van der Waals surface area contributed by atoms with Crippen LogP contribution in [0, 0.1) is 0 Å². The maximum atomic E-state index is 12.2. The Labute approximate surface area is 143 Å². The van der Waals surface area contributed by atoms with Crippen LogP contribution in [0.25, 0.3) is 11.3 Å². The Morgan fingerprint density at radius 1 is 1.08 bits per heavy atom. The van der Waals surface area contributed by atoms with Crippen molar-refractivity contribution < 1.29 is 4.79 Å². The lowest BCUT2D eigenvalue weighted by atomic mass is 10.1. The largest absolute Gasteiger partial charge is 0.357 e. The summed E-state index contributed by atoms with van der Waals surface area (Å²) in [7, 11) is 0. The highest BCUT2D eigenvalue weighted by molar-refractivity contribution is 5.95. The normalized spacial score (nSPS) is 14.7. The molecule has 0 unspecified atom stereocenters. The van der Waals surface area contributed by atoms with E-state index in [2.05, 4.69) is 20.2 Å². The van der Waals surface area contributed by atoms with Crippen molar-refractivity contribution >= 4 is 11.7 Å². The third-order valence-corrected chi connectivity index (χ3v) is 4.01. The molecule has 1 N–H and O–H groups in total. The van der Waals surface area contributed by atoms with Crippen molar-refractivity contribution in [1.82, 2.24) is 15.3 Å². The predicted octanol–water partition coefficient (Wildman–Crippen LogP) is 3.27. The molecule has 1 amide bonds. The summed E-state index contributed by atoms with van der Waals surface area (Å²) in [6.45, 7) is 8.03. The van der Waals surface area contributed by atoms with Crippen LogP contribution >= 0.6 is 0 Å². The molecule has 5 heteroatoms. The monoisotopic (exact) mass is 324 g/mol. The summed E-state index contributed by atoms with van der Waals surface area (Å²) in [6, 6.07) is 9.58. The van der Waals surface area contributed by atoms with Crippen LogP contribution in [0.15, 0.2) is 36.7 Å². The zero-order chi connectivity index (χ0) is 17.2. The van der Waals surface area contributed by atoms with Crippen LogP contribution in [0.3, 0.4) is 0 Å². The molecule has 0 saturated carbocycles. The highest BCUT2D eigenvalue weighted by Gasteiger charge is 2.16. The van der Waals surface area contributed by atoms with Crippen LogP contribution in [-0.2, 0) is 0 Å². The number of rotatable bonds is 3. The van der Waals surface area contributed by atoms with Gasteiger partial charge in [0.15, 0.2) is 0 Å². The maximum Gasteiger partial charge on any atom is 0.251 e. The molecule has 1 aromatic heterocycles. The molecule has 0 radical (unpaired) electrons. The quantitative estimate of drug-likeness (QED) is 0.941. The smallest absolute Gasteiger partial charge is 0.251 e. The number of amides is 1. The highest BCUT2D eigenvalue weighted by atomic mass is 16.1. The van der Waals surface area contributed by atoms with Gasteiger partial charge in [-0.05, 0) is 45.7 Å². The van der Waals surface area contributed by atoms with Gasteiger partial charge < -0.3 is 10.2 Å². The Morgan fingerprint density at radius 3 is 2.38 bits per heavy atom. The van der Waals surface area contributed by atoms with E-state index in [1.54, 1.807) is 6.33 Å². The van der Waals surface area contributed by atoms with Crippen LogP contribution in [0.2, 0.25) is 0 Å². The summed E-state index contributed by atoms with van der Waals surface area (Å²) in [5, 5.41) is 2.97. The molecule has 1 aromatic carbocycles. The molecule has 0 atom stereocenters. The zero-order valence-electron chi connectivity index (χ0n) is 14.5. The lowest BCUT2D eigenvalue weighted by Crippen LogP contribution is -2.40. The van der Waals surface area contributed by atoms with Crippen LogP contribution in [-0.4, -0.2) is 34.5 Å². The molecule has 0 spiro atoms. The molecule has 1 aliphatic rings. The first-order valence-electron chi connectivity index (χ1n) is 8.42. The number of nitrogens with one attached hydrogen (secondary N) is 1. The Morgan fingerprint density at radius 2 is 1.75 bits per heavy atom. The van der Waals surface area contributed by atoms with Gasteiger partial charge in [0.2, 0.25) is 0 Å². The Bertz CT molecular complexity index is 713. The summed E-state index contributed by atoms with van der Waals surface area (Å²) in [5.41, 5.74) is 2.29. The Balaban J connectivity index is 1.78. The second kappa shape index (κ2) is 6.59. The van der Waals surface area contributed by atoms with Crippen molar-refractivity contribution in [3.63, 3.8) is 0 Å². The lowest BCUT2D eigenvalue weighted by Gasteiger charge is -2.20. The van der Waals surface area contributed by atoms with Crippen molar-refractivity contribution in [2.75, 3.05) is 18.0 Å². The van der Waals surface area contributed by atoms with E-state index >= 15 is 0 Å². The number of carbonyl (C=O) groups excluding carboxylic acids is 1. The number of anilines is 1. The van der Waals surface area contributed by atoms with E-state index < -0.39 is 0 Å². The molecule has 1 aliphatic heterocycles. The maximum absolute atomic E-state index is 12.2. The van der Waals surface area contributed by atoms with Gasteiger partial charge >= 0.3 is 0 Å². The van der Waals surface area contributed by atoms with Crippen LogP contribution in [0.4, 0.5) is 5.82 Å². The second-order valence-electron chi connectivity index (χ2n) is 7.24. The van der Waals surface area contributed by atoms with E-state index in [0.29, 0.717) is 5.56 Å². The molecule has 126 valence electrons. The third-order valence-electron chi connectivity index (χ3n) is 4.01. The van der Waals surface area contributed by atoms with Crippen molar-refractivity contribution in [2.24, 2.45) is 0 Å². The molecular formula is C19H24N4O. The standard InChI is InChI=1S/C19H24N4O/c1-19(2,3)22-18(24)15-8-6-14(7-9-15)16-12-17(21-13-20-16)23-10-4-5-11-23/h6-9,12-13H,4-5,10-11H2,1-3H3,(H,22,24). The fourth-order valence-corrected chi connectivity index (χ4v) is 2.83. The van der Waals surface area contributed by atoms with Crippen molar-refractivity contribution in [2.45, 2.75) is 39.2 Å². The van der Waals surface area contributed by atoms with Gasteiger partial charge in [0, 0.05) is 35.8 Å². The van der Waals surface area contributed by atoms with Gasteiger partial charge in [-0.3, -0.25) is 4.79 Å². The number of nitrogens with zero attached hydrogens (tertiary/aromatic N) is 3. The Kier molecular flexibility index (Phi) is 4.51. The van der Waals surface area contributed by atoms with Crippen LogP contribution < -0.4 is 10.2 Å². The molecule has 2 heterocycles. The summed E-state index contributed by atoms with van der Waals surface area (Å²) in [5.74, 6) is 0.918. The molecule has 0 aliphatic carbocycles. The number of hydrogen-bond acceptors (Lipinski definition) is 4. The fraction of sp³-hybridized carbons (Fsp3) is 0.421. The highest BCUT2D eigenvalue weighted by Crippen LogP contribution is 2.23. The second-order valence-corrected chi connectivity index (χ2v) is 7.24. The van der Waals surface area contributed by atoms with Gasteiger partial charge in [0.25, 0.3) is 5.91 Å². The third kappa shape index (κ3) is 3.91. The average Bonchev–Trinajstić information content (AvgIpc) is 3.08. The molecule has 1 fully saturated rings. The number of carbonyl (C=O) groups is 1. The van der Waals surface area contributed by atoms with E-state index in [4.69, 9.17) is 0 Å². The molecule has 5 nitrogen and oxygen atoms in total. The van der Waals surface area contributed by atoms with Gasteiger partial charge in [-0.15, -0.1) is 0 Å². The van der Waals surface area contributed by atoms with Crippen molar-refractivity contribution in [3.8, 4) is 11.3 Å². The minimum atomic E-state index is -0.243. The van der Waals surface area contributed by atoms with Gasteiger partial charge in [0.1, 0.15) is 12.1 Å². The molecule has 1 saturated heterocycles. The molecule has 3 rings (SSSR count).